The van der Waals surface area contributed by atoms with Gasteiger partial charge < -0.3 is 10.4 Å². The molecule has 1 fully saturated rings. The Labute approximate surface area is 91.3 Å². The summed E-state index contributed by atoms with van der Waals surface area (Å²) in [6.07, 6.45) is 3.06. The van der Waals surface area contributed by atoms with Crippen LogP contribution in [-0.2, 0) is 6.54 Å². The molecule has 0 heterocycles. The van der Waals surface area contributed by atoms with Gasteiger partial charge in [0, 0.05) is 12.6 Å². The summed E-state index contributed by atoms with van der Waals surface area (Å²) in [5.74, 6) is 0. The third kappa shape index (κ3) is 2.80. The van der Waals surface area contributed by atoms with Crippen molar-refractivity contribution < 1.29 is 5.11 Å². The predicted molar refractivity (Wildman–Crippen MR) is 61.7 cm³/mol. The summed E-state index contributed by atoms with van der Waals surface area (Å²) in [6.45, 7) is 2.97. The topological polar surface area (TPSA) is 32.3 Å². The zero-order valence-electron chi connectivity index (χ0n) is 9.24. The Morgan fingerprint density at radius 3 is 2.93 bits per heavy atom. The number of hydrogen-bond acceptors (Lipinski definition) is 2. The molecule has 2 rings (SSSR count). The number of aliphatic hydroxyl groups excluding tert-OH is 1. The van der Waals surface area contributed by atoms with Gasteiger partial charge in [0.15, 0.2) is 0 Å². The zero-order chi connectivity index (χ0) is 10.7. The summed E-state index contributed by atoms with van der Waals surface area (Å²) in [7, 11) is 0. The average molecular weight is 205 g/mol. The lowest BCUT2D eigenvalue weighted by Gasteiger charge is -2.16. The van der Waals surface area contributed by atoms with E-state index in [4.69, 9.17) is 0 Å². The van der Waals surface area contributed by atoms with Crippen molar-refractivity contribution in [2.75, 3.05) is 0 Å². The minimum atomic E-state index is -0.144. The number of aliphatic hydroxyl groups is 1. The van der Waals surface area contributed by atoms with Crippen LogP contribution in [-0.4, -0.2) is 17.3 Å². The second kappa shape index (κ2) is 4.77. The van der Waals surface area contributed by atoms with Crippen LogP contribution in [0.4, 0.5) is 0 Å². The third-order valence-corrected chi connectivity index (χ3v) is 3.13. The number of aryl methyl sites for hydroxylation is 1. The van der Waals surface area contributed by atoms with Gasteiger partial charge in [-0.1, -0.05) is 29.8 Å². The van der Waals surface area contributed by atoms with E-state index in [1.165, 1.54) is 11.1 Å². The van der Waals surface area contributed by atoms with E-state index in [-0.39, 0.29) is 6.10 Å². The van der Waals surface area contributed by atoms with Crippen molar-refractivity contribution in [3.05, 3.63) is 35.4 Å². The molecule has 15 heavy (non-hydrogen) atoms. The number of nitrogens with one attached hydrogen (secondary N) is 1. The van der Waals surface area contributed by atoms with Crippen molar-refractivity contribution >= 4 is 0 Å². The molecular weight excluding hydrogens is 186 g/mol. The van der Waals surface area contributed by atoms with Gasteiger partial charge in [0.1, 0.15) is 0 Å². The van der Waals surface area contributed by atoms with Gasteiger partial charge in [-0.15, -0.1) is 0 Å². The highest BCUT2D eigenvalue weighted by molar-refractivity contribution is 5.22. The van der Waals surface area contributed by atoms with Crippen LogP contribution in [0.15, 0.2) is 24.3 Å². The summed E-state index contributed by atoms with van der Waals surface area (Å²) < 4.78 is 0. The minimum Gasteiger partial charge on any atom is -0.392 e. The number of benzene rings is 1. The van der Waals surface area contributed by atoms with Crippen LogP contribution in [0.3, 0.4) is 0 Å². The van der Waals surface area contributed by atoms with Crippen molar-refractivity contribution in [1.29, 1.82) is 0 Å². The Kier molecular flexibility index (Phi) is 3.39. The highest BCUT2D eigenvalue weighted by atomic mass is 16.3. The van der Waals surface area contributed by atoms with Crippen molar-refractivity contribution in [2.45, 2.75) is 44.9 Å². The van der Waals surface area contributed by atoms with E-state index in [1.807, 2.05) is 0 Å². The van der Waals surface area contributed by atoms with Crippen LogP contribution >= 0.6 is 0 Å². The van der Waals surface area contributed by atoms with Gasteiger partial charge in [-0.25, -0.2) is 0 Å². The fourth-order valence-electron chi connectivity index (χ4n) is 2.25. The molecule has 2 unspecified atom stereocenters. The Morgan fingerprint density at radius 2 is 2.27 bits per heavy atom. The molecule has 1 saturated carbocycles. The lowest BCUT2D eigenvalue weighted by atomic mass is 10.1. The summed E-state index contributed by atoms with van der Waals surface area (Å²) in [6, 6.07) is 8.80. The average Bonchev–Trinajstić information content (AvgIpc) is 2.61. The summed E-state index contributed by atoms with van der Waals surface area (Å²) in [4.78, 5) is 0. The van der Waals surface area contributed by atoms with Crippen molar-refractivity contribution in [1.82, 2.24) is 5.32 Å². The molecule has 1 aliphatic carbocycles. The second-order valence-electron chi connectivity index (χ2n) is 4.47. The monoisotopic (exact) mass is 205 g/mol. The summed E-state index contributed by atoms with van der Waals surface area (Å²) >= 11 is 0. The first-order valence-electron chi connectivity index (χ1n) is 5.73. The summed E-state index contributed by atoms with van der Waals surface area (Å²) in [5, 5.41) is 13.1. The molecule has 0 aromatic heterocycles. The van der Waals surface area contributed by atoms with Crippen molar-refractivity contribution in [3.63, 3.8) is 0 Å². The molecule has 2 heteroatoms. The maximum Gasteiger partial charge on any atom is 0.0693 e. The van der Waals surface area contributed by atoms with Crippen LogP contribution in [0.25, 0.3) is 0 Å². The minimum absolute atomic E-state index is 0.144. The lowest BCUT2D eigenvalue weighted by Crippen LogP contribution is -2.35. The van der Waals surface area contributed by atoms with Crippen LogP contribution in [0.2, 0.25) is 0 Å². The molecule has 2 nitrogen and oxygen atoms in total. The fourth-order valence-corrected chi connectivity index (χ4v) is 2.25. The Bertz CT molecular complexity index is 324. The van der Waals surface area contributed by atoms with Gasteiger partial charge in [-0.2, -0.15) is 0 Å². The third-order valence-electron chi connectivity index (χ3n) is 3.13. The van der Waals surface area contributed by atoms with Gasteiger partial charge in [-0.05, 0) is 31.7 Å². The molecule has 0 radical (unpaired) electrons. The van der Waals surface area contributed by atoms with E-state index in [1.54, 1.807) is 0 Å². The highest BCUT2D eigenvalue weighted by Crippen LogP contribution is 2.19. The molecule has 1 aromatic rings. The van der Waals surface area contributed by atoms with Crippen molar-refractivity contribution in [2.24, 2.45) is 0 Å². The van der Waals surface area contributed by atoms with E-state index in [0.29, 0.717) is 6.04 Å². The van der Waals surface area contributed by atoms with E-state index >= 15 is 0 Å². The molecule has 0 saturated heterocycles. The van der Waals surface area contributed by atoms with Gasteiger partial charge >= 0.3 is 0 Å². The number of hydrogen-bond donors (Lipinski definition) is 2. The Morgan fingerprint density at radius 1 is 1.40 bits per heavy atom. The van der Waals surface area contributed by atoms with Gasteiger partial charge in [0.2, 0.25) is 0 Å². The normalized spacial score (nSPS) is 25.7. The molecule has 2 N–H and O–H groups in total. The predicted octanol–water partition coefficient (Wildman–Crippen LogP) is 2.00. The second-order valence-corrected chi connectivity index (χ2v) is 4.47. The molecule has 0 amide bonds. The van der Waals surface area contributed by atoms with Crippen LogP contribution in [0.5, 0.6) is 0 Å². The first-order chi connectivity index (χ1) is 7.25. The smallest absolute Gasteiger partial charge is 0.0693 e. The van der Waals surface area contributed by atoms with Crippen LogP contribution in [0, 0.1) is 6.92 Å². The molecular formula is C13H19NO. The molecule has 0 aliphatic heterocycles. The van der Waals surface area contributed by atoms with Gasteiger partial charge in [0.05, 0.1) is 6.10 Å². The van der Waals surface area contributed by atoms with Crippen molar-refractivity contribution in [3.8, 4) is 0 Å². The largest absolute Gasteiger partial charge is 0.392 e. The fraction of sp³-hybridized carbons (Fsp3) is 0.538. The standard InChI is InChI=1S/C13H19NO/c1-10-4-2-5-11(8-10)9-14-12-6-3-7-13(12)15/h2,4-5,8,12-15H,3,6-7,9H2,1H3. The van der Waals surface area contributed by atoms with Gasteiger partial charge in [0.25, 0.3) is 0 Å². The summed E-state index contributed by atoms with van der Waals surface area (Å²) in [5.41, 5.74) is 2.59. The maximum absolute atomic E-state index is 9.66. The quantitative estimate of drug-likeness (QED) is 0.791. The molecule has 2 atom stereocenters. The zero-order valence-corrected chi connectivity index (χ0v) is 9.24. The van der Waals surface area contributed by atoms with E-state index in [2.05, 4.69) is 36.5 Å². The lowest BCUT2D eigenvalue weighted by molar-refractivity contribution is 0.148. The first-order valence-corrected chi connectivity index (χ1v) is 5.73. The SMILES string of the molecule is Cc1cccc(CNC2CCCC2O)c1. The molecule has 1 aromatic carbocycles. The Balaban J connectivity index is 1.87. The molecule has 0 bridgehead atoms. The van der Waals surface area contributed by atoms with Crippen LogP contribution in [0.1, 0.15) is 30.4 Å². The van der Waals surface area contributed by atoms with Crippen LogP contribution < -0.4 is 5.32 Å². The van der Waals surface area contributed by atoms with E-state index < -0.39 is 0 Å². The maximum atomic E-state index is 9.66. The van der Waals surface area contributed by atoms with Gasteiger partial charge in [-0.3, -0.25) is 0 Å². The molecule has 82 valence electrons. The van der Waals surface area contributed by atoms with E-state index in [0.717, 1.165) is 25.8 Å². The Hall–Kier alpha value is -0.860. The number of rotatable bonds is 3. The molecule has 1 aliphatic rings. The van der Waals surface area contributed by atoms with E-state index in [9.17, 15) is 5.11 Å². The molecule has 0 spiro atoms. The highest BCUT2D eigenvalue weighted by Gasteiger charge is 2.24. The first kappa shape index (κ1) is 10.7.